The molecule has 2 aromatic carbocycles. The van der Waals surface area contributed by atoms with Crippen LogP contribution in [0.25, 0.3) is 0 Å². The van der Waals surface area contributed by atoms with E-state index >= 15 is 0 Å². The fraction of sp³-hybridized carbons (Fsp3) is 0.350. The van der Waals surface area contributed by atoms with Gasteiger partial charge in [-0.3, -0.25) is 4.79 Å². The van der Waals surface area contributed by atoms with Gasteiger partial charge in [0.05, 0.1) is 20.8 Å². The average molecular weight is 344 g/mol. The van der Waals surface area contributed by atoms with Crippen LogP contribution in [0, 0.1) is 0 Å². The van der Waals surface area contributed by atoms with Gasteiger partial charge in [-0.25, -0.2) is 0 Å². The SMILES string of the molecule is CCOc1ccccc1COC(=O)CCc1cccc(OC)c1OC. The molecule has 0 aliphatic rings. The Balaban J connectivity index is 1.92. The highest BCUT2D eigenvalue weighted by atomic mass is 16.5. The van der Waals surface area contributed by atoms with Gasteiger partial charge in [0.1, 0.15) is 12.4 Å². The van der Waals surface area contributed by atoms with Crippen LogP contribution in [-0.4, -0.2) is 26.8 Å². The summed E-state index contributed by atoms with van der Waals surface area (Å²) in [6.45, 7) is 2.69. The van der Waals surface area contributed by atoms with E-state index in [9.17, 15) is 4.79 Å². The molecule has 2 aromatic rings. The lowest BCUT2D eigenvalue weighted by atomic mass is 10.1. The van der Waals surface area contributed by atoms with Crippen LogP contribution < -0.4 is 14.2 Å². The highest BCUT2D eigenvalue weighted by Gasteiger charge is 2.12. The molecule has 0 aromatic heterocycles. The van der Waals surface area contributed by atoms with E-state index in [0.717, 1.165) is 16.9 Å². The van der Waals surface area contributed by atoms with Crippen molar-refractivity contribution in [2.75, 3.05) is 20.8 Å². The van der Waals surface area contributed by atoms with E-state index in [4.69, 9.17) is 18.9 Å². The van der Waals surface area contributed by atoms with E-state index in [2.05, 4.69) is 0 Å². The number of para-hydroxylation sites is 2. The quantitative estimate of drug-likeness (QED) is 0.648. The lowest BCUT2D eigenvalue weighted by Gasteiger charge is -2.13. The van der Waals surface area contributed by atoms with Crippen molar-refractivity contribution in [1.82, 2.24) is 0 Å². The number of methoxy groups -OCH3 is 2. The van der Waals surface area contributed by atoms with E-state index in [-0.39, 0.29) is 19.0 Å². The molecule has 0 aliphatic carbocycles. The van der Waals surface area contributed by atoms with Crippen molar-refractivity contribution in [1.29, 1.82) is 0 Å². The standard InChI is InChI=1S/C20H24O5/c1-4-24-17-10-6-5-8-16(17)14-25-19(21)13-12-15-9-7-11-18(22-2)20(15)23-3/h5-11H,4,12-14H2,1-3H3. The molecule has 0 saturated heterocycles. The monoisotopic (exact) mass is 344 g/mol. The van der Waals surface area contributed by atoms with Crippen molar-refractivity contribution >= 4 is 5.97 Å². The largest absolute Gasteiger partial charge is 0.493 e. The van der Waals surface area contributed by atoms with Gasteiger partial charge in [0.25, 0.3) is 0 Å². The predicted octanol–water partition coefficient (Wildman–Crippen LogP) is 3.78. The van der Waals surface area contributed by atoms with Crippen LogP contribution in [0.2, 0.25) is 0 Å². The van der Waals surface area contributed by atoms with Gasteiger partial charge in [0.2, 0.25) is 0 Å². The highest BCUT2D eigenvalue weighted by molar-refractivity contribution is 5.70. The Hall–Kier alpha value is -2.69. The van der Waals surface area contributed by atoms with Crippen LogP contribution in [0.4, 0.5) is 0 Å². The summed E-state index contributed by atoms with van der Waals surface area (Å²) in [7, 11) is 3.18. The normalized spacial score (nSPS) is 10.2. The molecule has 0 amide bonds. The number of esters is 1. The molecule has 0 aliphatic heterocycles. The fourth-order valence-corrected chi connectivity index (χ4v) is 2.54. The Morgan fingerprint density at radius 3 is 2.36 bits per heavy atom. The van der Waals surface area contributed by atoms with Crippen LogP contribution >= 0.6 is 0 Å². The zero-order valence-electron chi connectivity index (χ0n) is 14.9. The number of ether oxygens (including phenoxy) is 4. The van der Waals surface area contributed by atoms with Gasteiger partial charge >= 0.3 is 5.97 Å². The molecule has 0 atom stereocenters. The molecule has 5 nitrogen and oxygen atoms in total. The number of carbonyl (C=O) groups is 1. The molecule has 0 spiro atoms. The Morgan fingerprint density at radius 1 is 0.920 bits per heavy atom. The van der Waals surface area contributed by atoms with Gasteiger partial charge in [-0.2, -0.15) is 0 Å². The molecule has 0 saturated carbocycles. The molecule has 0 bridgehead atoms. The summed E-state index contributed by atoms with van der Waals surface area (Å²) in [4.78, 5) is 12.1. The third-order valence-corrected chi connectivity index (χ3v) is 3.74. The molecular weight excluding hydrogens is 320 g/mol. The summed E-state index contributed by atoms with van der Waals surface area (Å²) in [6, 6.07) is 13.2. The number of hydrogen-bond donors (Lipinski definition) is 0. The molecule has 25 heavy (non-hydrogen) atoms. The molecule has 134 valence electrons. The topological polar surface area (TPSA) is 54.0 Å². The fourth-order valence-electron chi connectivity index (χ4n) is 2.54. The van der Waals surface area contributed by atoms with Gasteiger partial charge in [-0.15, -0.1) is 0 Å². The minimum absolute atomic E-state index is 0.199. The number of hydrogen-bond acceptors (Lipinski definition) is 5. The van der Waals surface area contributed by atoms with Gasteiger partial charge in [-0.1, -0.05) is 30.3 Å². The van der Waals surface area contributed by atoms with Crippen molar-refractivity contribution in [3.63, 3.8) is 0 Å². The van der Waals surface area contributed by atoms with Crippen LogP contribution in [0.1, 0.15) is 24.5 Å². The Kier molecular flexibility index (Phi) is 7.14. The zero-order valence-corrected chi connectivity index (χ0v) is 14.9. The van der Waals surface area contributed by atoms with Crippen LogP contribution in [0.15, 0.2) is 42.5 Å². The first-order valence-electron chi connectivity index (χ1n) is 8.25. The lowest BCUT2D eigenvalue weighted by Crippen LogP contribution is -2.08. The summed E-state index contributed by atoms with van der Waals surface area (Å²) in [5.41, 5.74) is 1.77. The lowest BCUT2D eigenvalue weighted by molar-refractivity contribution is -0.144. The summed E-state index contributed by atoms with van der Waals surface area (Å²) in [5.74, 6) is 1.78. The van der Waals surface area contributed by atoms with E-state index in [1.165, 1.54) is 0 Å². The number of benzene rings is 2. The number of aryl methyl sites for hydroxylation is 1. The molecule has 0 N–H and O–H groups in total. The highest BCUT2D eigenvalue weighted by Crippen LogP contribution is 2.31. The van der Waals surface area contributed by atoms with Gasteiger partial charge in [0, 0.05) is 12.0 Å². The predicted molar refractivity (Wildman–Crippen MR) is 95.3 cm³/mol. The molecule has 2 rings (SSSR count). The smallest absolute Gasteiger partial charge is 0.306 e. The number of rotatable bonds is 9. The molecule has 0 fully saturated rings. The van der Waals surface area contributed by atoms with Crippen molar-refractivity contribution in [2.24, 2.45) is 0 Å². The van der Waals surface area contributed by atoms with Crippen molar-refractivity contribution in [3.05, 3.63) is 53.6 Å². The van der Waals surface area contributed by atoms with E-state index < -0.39 is 0 Å². The Bertz CT molecular complexity index is 696. The first kappa shape index (κ1) is 18.6. The van der Waals surface area contributed by atoms with Gasteiger partial charge in [-0.05, 0) is 31.0 Å². The summed E-state index contributed by atoms with van der Waals surface area (Å²) in [6.07, 6.45) is 0.784. The molecule has 0 heterocycles. The first-order chi connectivity index (χ1) is 12.2. The summed E-state index contributed by atoms with van der Waals surface area (Å²) in [5, 5.41) is 0. The molecular formula is C20H24O5. The molecule has 0 radical (unpaired) electrons. The van der Waals surface area contributed by atoms with Crippen LogP contribution in [0.5, 0.6) is 17.2 Å². The van der Waals surface area contributed by atoms with Gasteiger partial charge in [0.15, 0.2) is 11.5 Å². The number of carbonyl (C=O) groups excluding carboxylic acids is 1. The van der Waals surface area contributed by atoms with Crippen molar-refractivity contribution in [3.8, 4) is 17.2 Å². The zero-order chi connectivity index (χ0) is 18.1. The second kappa shape index (κ2) is 9.57. The maximum absolute atomic E-state index is 12.1. The first-order valence-corrected chi connectivity index (χ1v) is 8.25. The van der Waals surface area contributed by atoms with E-state index in [1.54, 1.807) is 14.2 Å². The van der Waals surface area contributed by atoms with Crippen LogP contribution in [-0.2, 0) is 22.6 Å². The van der Waals surface area contributed by atoms with E-state index in [0.29, 0.717) is 24.5 Å². The average Bonchev–Trinajstić information content (AvgIpc) is 2.65. The second-order valence-corrected chi connectivity index (χ2v) is 5.35. The Morgan fingerprint density at radius 2 is 1.64 bits per heavy atom. The minimum Gasteiger partial charge on any atom is -0.493 e. The second-order valence-electron chi connectivity index (χ2n) is 5.35. The van der Waals surface area contributed by atoms with Crippen molar-refractivity contribution < 1.29 is 23.7 Å². The summed E-state index contributed by atoms with van der Waals surface area (Å²) < 4.78 is 21.6. The third-order valence-electron chi connectivity index (χ3n) is 3.74. The van der Waals surface area contributed by atoms with Gasteiger partial charge < -0.3 is 18.9 Å². The van der Waals surface area contributed by atoms with Crippen molar-refractivity contribution in [2.45, 2.75) is 26.4 Å². The summed E-state index contributed by atoms with van der Waals surface area (Å²) >= 11 is 0. The Labute approximate surface area is 148 Å². The van der Waals surface area contributed by atoms with E-state index in [1.807, 2.05) is 49.4 Å². The maximum atomic E-state index is 12.1. The van der Waals surface area contributed by atoms with Crippen LogP contribution in [0.3, 0.4) is 0 Å². The minimum atomic E-state index is -0.267. The molecule has 0 unspecified atom stereocenters. The third kappa shape index (κ3) is 5.14. The molecule has 5 heteroatoms. The maximum Gasteiger partial charge on any atom is 0.306 e.